The van der Waals surface area contributed by atoms with Gasteiger partial charge in [-0.15, -0.1) is 10.2 Å². The Morgan fingerprint density at radius 2 is 2.16 bits per heavy atom. The molecule has 8 heteroatoms. The van der Waals surface area contributed by atoms with E-state index in [-0.39, 0.29) is 0 Å². The monoisotopic (exact) mass is 355 g/mol. The largest absolute Gasteiger partial charge is 0.450 e. The number of rotatable bonds is 5. The number of carbonyl (C=O) groups excluding carboxylic acids is 1. The van der Waals surface area contributed by atoms with Gasteiger partial charge in [-0.2, -0.15) is 0 Å². The van der Waals surface area contributed by atoms with Crippen LogP contribution in [0.4, 0.5) is 21.3 Å². The molecular formula is C17H17N5O2S. The van der Waals surface area contributed by atoms with Gasteiger partial charge < -0.3 is 10.1 Å². The summed E-state index contributed by atoms with van der Waals surface area (Å²) in [4.78, 5) is 15.6. The fourth-order valence-electron chi connectivity index (χ4n) is 2.11. The number of ether oxygens (including phenoxy) is 1. The van der Waals surface area contributed by atoms with E-state index in [1.165, 1.54) is 11.3 Å². The molecular weight excluding hydrogens is 338 g/mol. The number of carbonyl (C=O) groups is 1. The maximum absolute atomic E-state index is 11.5. The molecule has 2 aromatic heterocycles. The van der Waals surface area contributed by atoms with Gasteiger partial charge in [0.2, 0.25) is 5.13 Å². The van der Waals surface area contributed by atoms with Gasteiger partial charge in [0, 0.05) is 29.3 Å². The lowest BCUT2D eigenvalue weighted by Crippen LogP contribution is -2.13. The van der Waals surface area contributed by atoms with Gasteiger partial charge in [-0.05, 0) is 43.7 Å². The fourth-order valence-corrected chi connectivity index (χ4v) is 2.86. The van der Waals surface area contributed by atoms with Crippen molar-refractivity contribution in [2.45, 2.75) is 13.8 Å². The second-order valence-corrected chi connectivity index (χ2v) is 6.13. The molecule has 0 radical (unpaired) electrons. The van der Waals surface area contributed by atoms with Crippen LogP contribution in [0.2, 0.25) is 0 Å². The Labute approximate surface area is 149 Å². The summed E-state index contributed by atoms with van der Waals surface area (Å²) in [7, 11) is 0. The van der Waals surface area contributed by atoms with E-state index in [0.29, 0.717) is 17.4 Å². The molecule has 3 aromatic rings. The van der Waals surface area contributed by atoms with E-state index >= 15 is 0 Å². The zero-order valence-corrected chi connectivity index (χ0v) is 14.6. The number of pyridine rings is 1. The van der Waals surface area contributed by atoms with Crippen molar-refractivity contribution in [3.05, 3.63) is 48.3 Å². The number of nitrogens with zero attached hydrogens (tertiary/aromatic N) is 3. The van der Waals surface area contributed by atoms with Gasteiger partial charge in [-0.1, -0.05) is 17.4 Å². The SMILES string of the molecule is CCOC(=O)Nc1ccc(C)c(Nc2nnc(-c3cccnc3)s2)c1. The Morgan fingerprint density at radius 1 is 1.28 bits per heavy atom. The van der Waals surface area contributed by atoms with Crippen molar-refractivity contribution in [2.24, 2.45) is 0 Å². The van der Waals surface area contributed by atoms with E-state index in [2.05, 4.69) is 25.8 Å². The van der Waals surface area contributed by atoms with Gasteiger partial charge in [-0.3, -0.25) is 10.3 Å². The van der Waals surface area contributed by atoms with Crippen molar-refractivity contribution in [3.8, 4) is 10.6 Å². The van der Waals surface area contributed by atoms with Gasteiger partial charge in [0.05, 0.1) is 6.61 Å². The molecule has 128 valence electrons. The minimum Gasteiger partial charge on any atom is -0.450 e. The van der Waals surface area contributed by atoms with Crippen molar-refractivity contribution in [2.75, 3.05) is 17.2 Å². The van der Waals surface area contributed by atoms with Crippen molar-refractivity contribution in [3.63, 3.8) is 0 Å². The minimum absolute atomic E-state index is 0.324. The van der Waals surface area contributed by atoms with Crippen molar-refractivity contribution >= 4 is 33.9 Å². The molecule has 3 rings (SSSR count). The lowest BCUT2D eigenvalue weighted by atomic mass is 10.2. The smallest absolute Gasteiger partial charge is 0.411 e. The first-order valence-corrected chi connectivity index (χ1v) is 8.52. The van der Waals surface area contributed by atoms with E-state index in [0.717, 1.165) is 21.8 Å². The van der Waals surface area contributed by atoms with Crippen molar-refractivity contribution < 1.29 is 9.53 Å². The summed E-state index contributed by atoms with van der Waals surface area (Å²) in [5, 5.41) is 15.7. The fraction of sp³-hybridized carbons (Fsp3) is 0.176. The molecule has 25 heavy (non-hydrogen) atoms. The van der Waals surface area contributed by atoms with Gasteiger partial charge in [-0.25, -0.2) is 4.79 Å². The van der Waals surface area contributed by atoms with Crippen molar-refractivity contribution in [1.29, 1.82) is 0 Å². The summed E-state index contributed by atoms with van der Waals surface area (Å²) in [5.41, 5.74) is 3.42. The summed E-state index contributed by atoms with van der Waals surface area (Å²) < 4.78 is 4.89. The zero-order valence-electron chi connectivity index (χ0n) is 13.8. The number of nitrogens with one attached hydrogen (secondary N) is 2. The molecule has 2 N–H and O–H groups in total. The molecule has 0 saturated heterocycles. The predicted octanol–water partition coefficient (Wildman–Crippen LogP) is 4.22. The van der Waals surface area contributed by atoms with Crippen LogP contribution in [0, 0.1) is 6.92 Å². The number of hydrogen-bond donors (Lipinski definition) is 2. The first kappa shape index (κ1) is 16.8. The van der Waals surface area contributed by atoms with Crippen LogP contribution in [-0.2, 0) is 4.74 Å². The summed E-state index contributed by atoms with van der Waals surface area (Å²) in [6.45, 7) is 4.06. The highest BCUT2D eigenvalue weighted by atomic mass is 32.1. The van der Waals surface area contributed by atoms with Crippen molar-refractivity contribution in [1.82, 2.24) is 15.2 Å². The van der Waals surface area contributed by atoms with Crippen LogP contribution in [-0.4, -0.2) is 27.9 Å². The summed E-state index contributed by atoms with van der Waals surface area (Å²) in [6, 6.07) is 9.36. The number of amides is 1. The molecule has 7 nitrogen and oxygen atoms in total. The van der Waals surface area contributed by atoms with E-state index in [9.17, 15) is 4.79 Å². The predicted molar refractivity (Wildman–Crippen MR) is 98.2 cm³/mol. The van der Waals surface area contributed by atoms with E-state index < -0.39 is 6.09 Å². The van der Waals surface area contributed by atoms with Crippen LogP contribution >= 0.6 is 11.3 Å². The summed E-state index contributed by atoms with van der Waals surface area (Å²) >= 11 is 1.43. The number of hydrogen-bond acceptors (Lipinski definition) is 7. The second-order valence-electron chi connectivity index (χ2n) is 5.15. The van der Waals surface area contributed by atoms with Crippen LogP contribution in [0.5, 0.6) is 0 Å². The second kappa shape index (κ2) is 7.71. The number of anilines is 3. The third-order valence-corrected chi connectivity index (χ3v) is 4.22. The highest BCUT2D eigenvalue weighted by Crippen LogP contribution is 2.30. The van der Waals surface area contributed by atoms with Gasteiger partial charge in [0.25, 0.3) is 0 Å². The van der Waals surface area contributed by atoms with Crippen LogP contribution in [0.15, 0.2) is 42.7 Å². The number of aryl methyl sites for hydroxylation is 1. The Morgan fingerprint density at radius 3 is 2.92 bits per heavy atom. The molecule has 0 unspecified atom stereocenters. The highest BCUT2D eigenvalue weighted by Gasteiger charge is 2.09. The molecule has 0 atom stereocenters. The normalized spacial score (nSPS) is 10.3. The Balaban J connectivity index is 1.76. The van der Waals surface area contributed by atoms with E-state index in [1.807, 2.05) is 37.3 Å². The Hall–Kier alpha value is -3.00. The standard InChI is InChI=1S/C17H17N5O2S/c1-3-24-17(23)19-13-7-6-11(2)14(9-13)20-16-22-21-15(25-16)12-5-4-8-18-10-12/h4-10H,3H2,1-2H3,(H,19,23)(H,20,22). The minimum atomic E-state index is -0.480. The maximum Gasteiger partial charge on any atom is 0.411 e. The third kappa shape index (κ3) is 4.30. The molecule has 0 aliphatic carbocycles. The zero-order chi connectivity index (χ0) is 17.6. The third-order valence-electron chi connectivity index (χ3n) is 3.33. The van der Waals surface area contributed by atoms with Crippen LogP contribution in [0.25, 0.3) is 10.6 Å². The molecule has 1 amide bonds. The quantitative estimate of drug-likeness (QED) is 0.712. The summed E-state index contributed by atoms with van der Waals surface area (Å²) in [5.74, 6) is 0. The molecule has 2 heterocycles. The van der Waals surface area contributed by atoms with Crippen LogP contribution < -0.4 is 10.6 Å². The number of benzene rings is 1. The highest BCUT2D eigenvalue weighted by molar-refractivity contribution is 7.18. The Kier molecular flexibility index (Phi) is 5.20. The maximum atomic E-state index is 11.5. The van der Waals surface area contributed by atoms with Gasteiger partial charge in [0.15, 0.2) is 5.01 Å². The first-order valence-electron chi connectivity index (χ1n) is 7.71. The average Bonchev–Trinajstić information content (AvgIpc) is 3.07. The van der Waals surface area contributed by atoms with Gasteiger partial charge >= 0.3 is 6.09 Å². The van der Waals surface area contributed by atoms with E-state index in [4.69, 9.17) is 4.74 Å². The Bertz CT molecular complexity index is 866. The summed E-state index contributed by atoms with van der Waals surface area (Å²) in [6.07, 6.45) is 2.99. The number of aromatic nitrogens is 3. The lowest BCUT2D eigenvalue weighted by Gasteiger charge is -2.10. The van der Waals surface area contributed by atoms with Crippen LogP contribution in [0.1, 0.15) is 12.5 Å². The molecule has 0 spiro atoms. The molecule has 0 bridgehead atoms. The molecule has 0 aliphatic rings. The van der Waals surface area contributed by atoms with Crippen LogP contribution in [0.3, 0.4) is 0 Å². The molecule has 1 aromatic carbocycles. The first-order chi connectivity index (χ1) is 12.2. The molecule has 0 fully saturated rings. The molecule has 0 saturated carbocycles. The average molecular weight is 355 g/mol. The molecule has 0 aliphatic heterocycles. The topological polar surface area (TPSA) is 89.0 Å². The lowest BCUT2D eigenvalue weighted by molar-refractivity contribution is 0.168. The van der Waals surface area contributed by atoms with Gasteiger partial charge in [0.1, 0.15) is 0 Å². The van der Waals surface area contributed by atoms with E-state index in [1.54, 1.807) is 19.3 Å².